The fourth-order valence-corrected chi connectivity index (χ4v) is 2.74. The molecule has 1 aromatic carbocycles. The van der Waals surface area contributed by atoms with Crippen LogP contribution in [0.1, 0.15) is 6.92 Å². The Kier molecular flexibility index (Phi) is 6.16. The molecule has 0 aliphatic carbocycles. The normalized spacial score (nSPS) is 10.3. The molecule has 2 rings (SSSR count). The molecule has 0 aliphatic rings. The highest BCUT2D eigenvalue weighted by molar-refractivity contribution is 7.99. The number of ether oxygens (including phenoxy) is 1. The van der Waals surface area contributed by atoms with E-state index in [1.54, 1.807) is 0 Å². The van der Waals surface area contributed by atoms with Crippen molar-refractivity contribution in [2.24, 2.45) is 0 Å². The zero-order valence-corrected chi connectivity index (χ0v) is 13.8. The minimum absolute atomic E-state index is 0.133. The number of carbonyl (C=O) groups is 2. The molecule has 0 spiro atoms. The van der Waals surface area contributed by atoms with Crippen molar-refractivity contribution < 1.29 is 14.3 Å². The first-order chi connectivity index (χ1) is 11.2. The van der Waals surface area contributed by atoms with Crippen LogP contribution in [0.25, 0.3) is 11.4 Å². The van der Waals surface area contributed by atoms with E-state index in [-0.39, 0.29) is 18.2 Å². The van der Waals surface area contributed by atoms with Gasteiger partial charge in [-0.15, -0.1) is 10.2 Å². The third kappa shape index (κ3) is 4.56. The molecule has 1 aromatic heterocycles. The summed E-state index contributed by atoms with van der Waals surface area (Å²) in [5.74, 6) is 0.188. The van der Waals surface area contributed by atoms with Gasteiger partial charge in [0.1, 0.15) is 6.54 Å². The molecule has 0 fully saturated rings. The van der Waals surface area contributed by atoms with Gasteiger partial charge in [0.2, 0.25) is 5.91 Å². The Hall–Kier alpha value is -2.35. The number of amides is 1. The lowest BCUT2D eigenvalue weighted by molar-refractivity contribution is -0.140. The van der Waals surface area contributed by atoms with Gasteiger partial charge in [-0.2, -0.15) is 0 Å². The largest absolute Gasteiger partial charge is 0.468 e. The summed E-state index contributed by atoms with van der Waals surface area (Å²) in [7, 11) is 1.28. The van der Waals surface area contributed by atoms with Gasteiger partial charge < -0.3 is 14.6 Å². The highest BCUT2D eigenvalue weighted by Gasteiger charge is 2.14. The number of hydrogen-bond acceptors (Lipinski definition) is 6. The third-order valence-corrected chi connectivity index (χ3v) is 4.02. The van der Waals surface area contributed by atoms with Gasteiger partial charge in [-0.3, -0.25) is 9.59 Å². The van der Waals surface area contributed by atoms with Crippen molar-refractivity contribution in [3.05, 3.63) is 30.3 Å². The second-order valence-corrected chi connectivity index (χ2v) is 5.50. The number of rotatable bonds is 7. The smallest absolute Gasteiger partial charge is 0.325 e. The van der Waals surface area contributed by atoms with Crippen LogP contribution in [-0.2, 0) is 20.9 Å². The van der Waals surface area contributed by atoms with Crippen molar-refractivity contribution in [3.63, 3.8) is 0 Å². The number of thioether (sulfide) groups is 1. The Labute approximate surface area is 138 Å². The van der Waals surface area contributed by atoms with Crippen molar-refractivity contribution in [1.82, 2.24) is 20.1 Å². The number of nitrogens with one attached hydrogen (secondary N) is 1. The van der Waals surface area contributed by atoms with Crippen molar-refractivity contribution in [2.75, 3.05) is 19.4 Å². The van der Waals surface area contributed by atoms with Crippen LogP contribution >= 0.6 is 11.8 Å². The van der Waals surface area contributed by atoms with Gasteiger partial charge in [-0.1, -0.05) is 42.1 Å². The van der Waals surface area contributed by atoms with E-state index in [4.69, 9.17) is 0 Å². The Morgan fingerprint density at radius 1 is 1.26 bits per heavy atom. The monoisotopic (exact) mass is 334 g/mol. The average molecular weight is 334 g/mol. The third-order valence-electron chi connectivity index (χ3n) is 3.05. The van der Waals surface area contributed by atoms with E-state index in [0.29, 0.717) is 11.7 Å². The molecule has 2 aromatic rings. The summed E-state index contributed by atoms with van der Waals surface area (Å²) in [5.41, 5.74) is 0.976. The molecule has 23 heavy (non-hydrogen) atoms. The minimum Gasteiger partial charge on any atom is -0.468 e. The Bertz CT molecular complexity index is 673. The maximum Gasteiger partial charge on any atom is 0.325 e. The fourth-order valence-electron chi connectivity index (χ4n) is 1.91. The van der Waals surface area contributed by atoms with Gasteiger partial charge in [0.15, 0.2) is 11.0 Å². The van der Waals surface area contributed by atoms with Gasteiger partial charge in [0, 0.05) is 12.1 Å². The van der Waals surface area contributed by atoms with Gasteiger partial charge in [-0.05, 0) is 6.92 Å². The number of benzene rings is 1. The van der Waals surface area contributed by atoms with E-state index in [9.17, 15) is 9.59 Å². The first kappa shape index (κ1) is 17.0. The molecule has 122 valence electrons. The number of esters is 1. The lowest BCUT2D eigenvalue weighted by atomic mass is 10.2. The minimum atomic E-state index is -0.480. The predicted octanol–water partition coefficient (Wildman–Crippen LogP) is 1.35. The molecule has 7 nitrogen and oxygen atoms in total. The Balaban J connectivity index is 2.00. The number of carbonyl (C=O) groups excluding carboxylic acids is 2. The quantitative estimate of drug-likeness (QED) is 0.607. The molecule has 0 unspecified atom stereocenters. The van der Waals surface area contributed by atoms with E-state index in [2.05, 4.69) is 20.3 Å². The van der Waals surface area contributed by atoms with Crippen LogP contribution in [0.15, 0.2) is 35.5 Å². The zero-order chi connectivity index (χ0) is 16.7. The molecule has 0 saturated carbocycles. The summed E-state index contributed by atoms with van der Waals surface area (Å²) >= 11 is 1.28. The Morgan fingerprint density at radius 3 is 2.65 bits per heavy atom. The highest BCUT2D eigenvalue weighted by atomic mass is 32.2. The number of aromatic nitrogens is 3. The van der Waals surface area contributed by atoms with Crippen LogP contribution in [0.5, 0.6) is 0 Å². The summed E-state index contributed by atoms with van der Waals surface area (Å²) in [4.78, 5) is 22.7. The second-order valence-electron chi connectivity index (χ2n) is 4.56. The molecule has 1 amide bonds. The van der Waals surface area contributed by atoms with Gasteiger partial charge in [-0.25, -0.2) is 0 Å². The second kappa shape index (κ2) is 8.33. The molecule has 0 radical (unpaired) electrons. The van der Waals surface area contributed by atoms with Crippen LogP contribution in [0.2, 0.25) is 0 Å². The molecule has 8 heteroatoms. The van der Waals surface area contributed by atoms with Crippen LogP contribution in [0.4, 0.5) is 0 Å². The van der Waals surface area contributed by atoms with Crippen molar-refractivity contribution >= 4 is 23.6 Å². The lowest BCUT2D eigenvalue weighted by Gasteiger charge is -2.07. The zero-order valence-electron chi connectivity index (χ0n) is 13.0. The molecule has 0 aliphatic heterocycles. The number of methoxy groups -OCH3 is 1. The van der Waals surface area contributed by atoms with E-state index in [1.807, 2.05) is 41.8 Å². The topological polar surface area (TPSA) is 86.1 Å². The molecule has 1 heterocycles. The van der Waals surface area contributed by atoms with E-state index in [1.165, 1.54) is 18.9 Å². The molecular formula is C15H18N4O3S. The molecular weight excluding hydrogens is 316 g/mol. The van der Waals surface area contributed by atoms with E-state index >= 15 is 0 Å². The predicted molar refractivity (Wildman–Crippen MR) is 86.9 cm³/mol. The van der Waals surface area contributed by atoms with Crippen LogP contribution in [0, 0.1) is 0 Å². The molecule has 1 N–H and O–H groups in total. The van der Waals surface area contributed by atoms with Crippen LogP contribution < -0.4 is 5.32 Å². The average Bonchev–Trinajstić information content (AvgIpc) is 3.01. The van der Waals surface area contributed by atoms with E-state index < -0.39 is 5.97 Å². The lowest BCUT2D eigenvalue weighted by Crippen LogP contribution is -2.31. The maximum atomic E-state index is 11.7. The van der Waals surface area contributed by atoms with Gasteiger partial charge in [0.05, 0.1) is 12.9 Å². The van der Waals surface area contributed by atoms with Crippen molar-refractivity contribution in [1.29, 1.82) is 0 Å². The Morgan fingerprint density at radius 2 is 2.00 bits per heavy atom. The fraction of sp³-hybridized carbons (Fsp3) is 0.333. The summed E-state index contributed by atoms with van der Waals surface area (Å²) in [5, 5.41) is 11.5. The SMILES string of the molecule is CCn1c(SCC(=O)NCC(=O)OC)nnc1-c1ccccc1. The van der Waals surface area contributed by atoms with Crippen molar-refractivity contribution in [2.45, 2.75) is 18.6 Å². The highest BCUT2D eigenvalue weighted by Crippen LogP contribution is 2.23. The van der Waals surface area contributed by atoms with Crippen LogP contribution in [-0.4, -0.2) is 46.0 Å². The number of hydrogen-bond donors (Lipinski definition) is 1. The van der Waals surface area contributed by atoms with Gasteiger partial charge in [0.25, 0.3) is 0 Å². The summed E-state index contributed by atoms with van der Waals surface area (Å²) in [6, 6.07) is 9.76. The summed E-state index contributed by atoms with van der Waals surface area (Å²) in [6.07, 6.45) is 0. The van der Waals surface area contributed by atoms with E-state index in [0.717, 1.165) is 11.4 Å². The first-order valence-corrected chi connectivity index (χ1v) is 8.09. The molecule has 0 atom stereocenters. The molecule has 0 bridgehead atoms. The molecule has 0 saturated heterocycles. The van der Waals surface area contributed by atoms with Crippen molar-refractivity contribution in [3.8, 4) is 11.4 Å². The maximum absolute atomic E-state index is 11.7. The first-order valence-electron chi connectivity index (χ1n) is 7.10. The summed E-state index contributed by atoms with van der Waals surface area (Å²) < 4.78 is 6.42. The van der Waals surface area contributed by atoms with Crippen LogP contribution in [0.3, 0.4) is 0 Å². The summed E-state index contributed by atoms with van der Waals surface area (Å²) in [6.45, 7) is 2.56. The van der Waals surface area contributed by atoms with Gasteiger partial charge >= 0.3 is 5.97 Å². The number of nitrogens with zero attached hydrogens (tertiary/aromatic N) is 3. The standard InChI is InChI=1S/C15H18N4O3S/c1-3-19-14(11-7-5-4-6-8-11)17-18-15(19)23-10-12(20)16-9-13(21)22-2/h4-8H,3,9-10H2,1-2H3,(H,16,20).